The molecule has 4 atom stereocenters. The summed E-state index contributed by atoms with van der Waals surface area (Å²) in [7, 11) is 1.57. The Balaban J connectivity index is 0. The Hall–Kier alpha value is -1.96. The summed E-state index contributed by atoms with van der Waals surface area (Å²) < 4.78 is 0. The van der Waals surface area contributed by atoms with E-state index in [-0.39, 0.29) is 6.54 Å². The Morgan fingerprint density at radius 1 is 0.826 bits per heavy atom. The smallest absolute Gasteiger partial charge is 0.375 e. The van der Waals surface area contributed by atoms with Crippen LogP contribution in [0.15, 0.2) is 11.5 Å². The molecule has 0 saturated carbocycles. The first-order valence-corrected chi connectivity index (χ1v) is 6.07. The number of rotatable bonds is 8. The SMILES string of the molecule is CNC[C@H](O)[C@@H](O)[C@H](O)[C@H](O)CO.O=C(O)/C(O)=C(\O)C(=O)O. The predicted octanol–water partition coefficient (Wildman–Crippen LogP) is -3.88. The van der Waals surface area contributed by atoms with Crippen LogP contribution in [0.25, 0.3) is 0 Å². The van der Waals surface area contributed by atoms with Crippen molar-refractivity contribution in [3.63, 3.8) is 0 Å². The molecule has 0 aromatic carbocycles. The first kappa shape index (κ1) is 23.3. The predicted molar refractivity (Wildman–Crippen MR) is 72.6 cm³/mol. The van der Waals surface area contributed by atoms with Gasteiger partial charge in [-0.15, -0.1) is 0 Å². The lowest BCUT2D eigenvalue weighted by atomic mass is 10.0. The Morgan fingerprint density at radius 3 is 1.43 bits per heavy atom. The van der Waals surface area contributed by atoms with Crippen molar-refractivity contribution in [3.05, 3.63) is 11.5 Å². The molecule has 0 aromatic rings. The van der Waals surface area contributed by atoms with Crippen molar-refractivity contribution < 1.29 is 55.5 Å². The normalized spacial score (nSPS) is 17.0. The van der Waals surface area contributed by atoms with Crippen LogP contribution in [-0.4, -0.2) is 103 Å². The minimum atomic E-state index is -1.89. The van der Waals surface area contributed by atoms with Crippen molar-refractivity contribution in [3.8, 4) is 0 Å². The van der Waals surface area contributed by atoms with E-state index in [1.807, 2.05) is 0 Å². The summed E-state index contributed by atoms with van der Waals surface area (Å²) in [6, 6.07) is 0. The molecule has 0 rings (SSSR count). The third-order valence-electron chi connectivity index (χ3n) is 2.37. The average Bonchev–Trinajstić information content (AvgIpc) is 2.51. The van der Waals surface area contributed by atoms with E-state index >= 15 is 0 Å². The van der Waals surface area contributed by atoms with E-state index in [0.717, 1.165) is 0 Å². The molecular weight excluding hydrogens is 322 g/mol. The average molecular weight is 343 g/mol. The maximum atomic E-state index is 9.71. The number of carboxylic acids is 2. The number of aliphatic hydroxyl groups excluding tert-OH is 7. The van der Waals surface area contributed by atoms with Gasteiger partial charge in [-0.1, -0.05) is 0 Å². The van der Waals surface area contributed by atoms with Crippen molar-refractivity contribution in [2.24, 2.45) is 0 Å². The highest BCUT2D eigenvalue weighted by atomic mass is 16.4. The molecule has 0 aromatic heterocycles. The Labute approximate surface area is 130 Å². The van der Waals surface area contributed by atoms with Crippen LogP contribution >= 0.6 is 0 Å². The molecule has 12 heteroatoms. The van der Waals surface area contributed by atoms with Crippen LogP contribution in [0.1, 0.15) is 0 Å². The summed E-state index contributed by atoms with van der Waals surface area (Å²) in [5.74, 6) is -6.93. The van der Waals surface area contributed by atoms with Crippen LogP contribution in [0.5, 0.6) is 0 Å². The number of aliphatic carboxylic acids is 2. The van der Waals surface area contributed by atoms with Gasteiger partial charge in [0.1, 0.15) is 18.3 Å². The number of carbonyl (C=O) groups is 2. The number of nitrogens with one attached hydrogen (secondary N) is 1. The second-order valence-corrected chi connectivity index (χ2v) is 4.16. The van der Waals surface area contributed by atoms with Crippen LogP contribution in [0.4, 0.5) is 0 Å². The molecule has 0 aliphatic carbocycles. The number of aliphatic hydroxyl groups is 7. The lowest BCUT2D eigenvalue weighted by molar-refractivity contribution is -0.140. The van der Waals surface area contributed by atoms with E-state index in [1.165, 1.54) is 0 Å². The summed E-state index contributed by atoms with van der Waals surface area (Å²) in [5, 5.41) is 79.6. The molecule has 0 fully saturated rings. The molecule has 0 bridgehead atoms. The molecule has 0 unspecified atom stereocenters. The minimum absolute atomic E-state index is 0.0936. The largest absolute Gasteiger partial charge is 0.499 e. The number of hydrogen-bond donors (Lipinski definition) is 10. The topological polar surface area (TPSA) is 228 Å². The highest BCUT2D eigenvalue weighted by Crippen LogP contribution is 2.04. The Kier molecular flexibility index (Phi) is 11.7. The van der Waals surface area contributed by atoms with Crippen LogP contribution < -0.4 is 5.32 Å². The fraction of sp³-hybridized carbons (Fsp3) is 0.636. The fourth-order valence-corrected chi connectivity index (χ4v) is 1.10. The molecule has 0 saturated heterocycles. The summed E-state index contributed by atoms with van der Waals surface area (Å²) in [5.41, 5.74) is 0. The van der Waals surface area contributed by atoms with Crippen molar-refractivity contribution in [1.82, 2.24) is 5.32 Å². The molecule has 0 spiro atoms. The van der Waals surface area contributed by atoms with E-state index in [9.17, 15) is 14.7 Å². The van der Waals surface area contributed by atoms with Gasteiger partial charge in [0.2, 0.25) is 0 Å². The van der Waals surface area contributed by atoms with Crippen LogP contribution in [0.2, 0.25) is 0 Å². The molecule has 0 aliphatic rings. The molecular formula is C11H21NO11. The van der Waals surface area contributed by atoms with Crippen molar-refractivity contribution >= 4 is 11.9 Å². The van der Waals surface area contributed by atoms with Gasteiger partial charge < -0.3 is 51.3 Å². The molecule has 0 amide bonds. The third-order valence-corrected chi connectivity index (χ3v) is 2.37. The second kappa shape index (κ2) is 11.6. The second-order valence-electron chi connectivity index (χ2n) is 4.16. The lowest BCUT2D eigenvalue weighted by Crippen LogP contribution is -2.48. The van der Waals surface area contributed by atoms with E-state index < -0.39 is 54.5 Å². The monoisotopic (exact) mass is 343 g/mol. The van der Waals surface area contributed by atoms with Gasteiger partial charge in [0.05, 0.1) is 12.7 Å². The highest BCUT2D eigenvalue weighted by Gasteiger charge is 2.29. The molecule has 12 nitrogen and oxygen atoms in total. The number of carboxylic acid groups (broad SMARTS) is 2. The van der Waals surface area contributed by atoms with Gasteiger partial charge in [0, 0.05) is 6.54 Å². The summed E-state index contributed by atoms with van der Waals surface area (Å²) in [6.07, 6.45) is -5.65. The maximum absolute atomic E-state index is 9.71. The molecule has 0 radical (unpaired) electrons. The maximum Gasteiger partial charge on any atom is 0.375 e. The number of likely N-dealkylation sites (N-methyl/N-ethyl adjacent to an activating group) is 1. The summed E-state index contributed by atoms with van der Waals surface area (Å²) in [4.78, 5) is 19.4. The van der Waals surface area contributed by atoms with Gasteiger partial charge in [0.15, 0.2) is 0 Å². The molecule has 10 N–H and O–H groups in total. The van der Waals surface area contributed by atoms with Crippen molar-refractivity contribution in [1.29, 1.82) is 0 Å². The van der Waals surface area contributed by atoms with Crippen molar-refractivity contribution in [2.75, 3.05) is 20.2 Å². The minimum Gasteiger partial charge on any atom is -0.499 e. The van der Waals surface area contributed by atoms with Gasteiger partial charge in [0.25, 0.3) is 11.5 Å². The van der Waals surface area contributed by atoms with Crippen molar-refractivity contribution in [2.45, 2.75) is 24.4 Å². The lowest BCUT2D eigenvalue weighted by Gasteiger charge is -2.25. The quantitative estimate of drug-likeness (QED) is 0.151. The third kappa shape index (κ3) is 8.92. The van der Waals surface area contributed by atoms with Crippen LogP contribution in [-0.2, 0) is 9.59 Å². The first-order valence-electron chi connectivity index (χ1n) is 6.07. The first-order chi connectivity index (χ1) is 10.5. The zero-order valence-corrected chi connectivity index (χ0v) is 12.1. The Bertz CT molecular complexity index is 389. The summed E-state index contributed by atoms with van der Waals surface area (Å²) >= 11 is 0. The van der Waals surface area contributed by atoms with Gasteiger partial charge in [-0.2, -0.15) is 0 Å². The van der Waals surface area contributed by atoms with Gasteiger partial charge >= 0.3 is 11.9 Å². The van der Waals surface area contributed by atoms with E-state index in [0.29, 0.717) is 0 Å². The van der Waals surface area contributed by atoms with Crippen LogP contribution in [0, 0.1) is 0 Å². The zero-order valence-electron chi connectivity index (χ0n) is 12.1. The summed E-state index contributed by atoms with van der Waals surface area (Å²) in [6.45, 7) is -0.569. The van der Waals surface area contributed by atoms with E-state index in [4.69, 9.17) is 40.9 Å². The highest BCUT2D eigenvalue weighted by molar-refractivity contribution is 5.94. The van der Waals surface area contributed by atoms with Crippen LogP contribution in [0.3, 0.4) is 0 Å². The van der Waals surface area contributed by atoms with Gasteiger partial charge in [-0.25, -0.2) is 9.59 Å². The zero-order chi connectivity index (χ0) is 18.7. The Morgan fingerprint density at radius 2 is 1.17 bits per heavy atom. The molecule has 23 heavy (non-hydrogen) atoms. The van der Waals surface area contributed by atoms with E-state index in [2.05, 4.69) is 5.32 Å². The molecule has 0 heterocycles. The van der Waals surface area contributed by atoms with Gasteiger partial charge in [-0.05, 0) is 7.05 Å². The molecule has 136 valence electrons. The van der Waals surface area contributed by atoms with E-state index in [1.54, 1.807) is 7.05 Å². The standard InChI is InChI=1S/C7H17NO5.C4H4O6/c1-8-2-4(10)6(12)7(13)5(11)3-9;5-1(3(7)8)2(6)4(9)10/h4-13H,2-3H2,1H3;5-6H,(H,7,8)(H,9,10)/b;2-1+/t4-,5+,6+,7+;/m0./s1. The van der Waals surface area contributed by atoms with Gasteiger partial charge in [-0.3, -0.25) is 0 Å². The number of hydrogen-bond acceptors (Lipinski definition) is 10. The molecule has 0 aliphatic heterocycles. The fourth-order valence-electron chi connectivity index (χ4n) is 1.10.